The highest BCUT2D eigenvalue weighted by Crippen LogP contribution is 2.60. The Morgan fingerprint density at radius 2 is 2.04 bits per heavy atom. The fourth-order valence-electron chi connectivity index (χ4n) is 5.93. The van der Waals surface area contributed by atoms with E-state index in [1.807, 2.05) is 6.08 Å². The number of aliphatic hydroxyl groups excluding tert-OH is 2. The maximum absolute atomic E-state index is 12.2. The van der Waals surface area contributed by atoms with Crippen LogP contribution in [0.2, 0.25) is 0 Å². The molecule has 4 heteroatoms. The van der Waals surface area contributed by atoms with Crippen LogP contribution in [0.3, 0.4) is 0 Å². The molecule has 0 bridgehead atoms. The molecule has 6 atom stereocenters. The van der Waals surface area contributed by atoms with Gasteiger partial charge in [0.05, 0.1) is 6.10 Å². The molecular formula is C21H30O4. The van der Waals surface area contributed by atoms with Gasteiger partial charge in [-0.25, -0.2) is 0 Å². The van der Waals surface area contributed by atoms with Crippen molar-refractivity contribution in [1.82, 2.24) is 0 Å². The van der Waals surface area contributed by atoms with Crippen LogP contribution in [-0.2, 0) is 9.59 Å². The molecule has 3 rings (SSSR count). The third-order valence-electron chi connectivity index (χ3n) is 7.48. The summed E-state index contributed by atoms with van der Waals surface area (Å²) in [5, 5.41) is 20.3. The van der Waals surface area contributed by atoms with Gasteiger partial charge in [0.25, 0.3) is 0 Å². The Bertz CT molecular complexity index is 634. The fraction of sp³-hybridized carbons (Fsp3) is 0.714. The summed E-state index contributed by atoms with van der Waals surface area (Å²) >= 11 is 0. The van der Waals surface area contributed by atoms with Gasteiger partial charge in [-0.05, 0) is 61.5 Å². The van der Waals surface area contributed by atoms with Gasteiger partial charge in [-0.2, -0.15) is 0 Å². The molecule has 0 radical (unpaired) electrons. The average molecular weight is 346 g/mol. The highest BCUT2D eigenvalue weighted by Gasteiger charge is 2.57. The number of carbonyl (C=O) groups is 2. The van der Waals surface area contributed by atoms with Crippen LogP contribution in [0.4, 0.5) is 0 Å². The van der Waals surface area contributed by atoms with E-state index < -0.39 is 12.7 Å². The second kappa shape index (κ2) is 6.48. The first-order valence-corrected chi connectivity index (χ1v) is 9.52. The molecule has 0 amide bonds. The van der Waals surface area contributed by atoms with Crippen molar-refractivity contribution in [2.24, 2.45) is 28.6 Å². The van der Waals surface area contributed by atoms with E-state index in [0.717, 1.165) is 31.3 Å². The molecule has 0 aliphatic heterocycles. The molecule has 0 aromatic carbocycles. The van der Waals surface area contributed by atoms with Gasteiger partial charge >= 0.3 is 0 Å². The second-order valence-electron chi connectivity index (χ2n) is 8.61. The Kier molecular flexibility index (Phi) is 4.80. The van der Waals surface area contributed by atoms with E-state index in [9.17, 15) is 19.8 Å². The Balaban J connectivity index is 1.89. The van der Waals surface area contributed by atoms with Crippen LogP contribution in [0.5, 0.6) is 0 Å². The highest BCUT2D eigenvalue weighted by atomic mass is 16.3. The zero-order chi connectivity index (χ0) is 18.4. The molecule has 0 spiro atoms. The molecule has 3 aliphatic carbocycles. The molecule has 4 nitrogen and oxygen atoms in total. The van der Waals surface area contributed by atoms with Gasteiger partial charge in [0.1, 0.15) is 6.61 Å². The Morgan fingerprint density at radius 3 is 2.68 bits per heavy atom. The van der Waals surface area contributed by atoms with Crippen molar-refractivity contribution in [2.45, 2.75) is 59.0 Å². The summed E-state index contributed by atoms with van der Waals surface area (Å²) in [5.74, 6) is 0.236. The summed E-state index contributed by atoms with van der Waals surface area (Å²) < 4.78 is 0. The SMILES string of the molecule is CCC1=CC(=O)C=CC1(C)C1CC2CCC(C(=O)CO)C2(C)CC1O. The lowest BCUT2D eigenvalue weighted by molar-refractivity contribution is -0.133. The van der Waals surface area contributed by atoms with Crippen molar-refractivity contribution >= 4 is 11.6 Å². The van der Waals surface area contributed by atoms with E-state index in [1.54, 1.807) is 12.2 Å². The monoisotopic (exact) mass is 346 g/mol. The van der Waals surface area contributed by atoms with Gasteiger partial charge in [-0.1, -0.05) is 32.4 Å². The number of Topliss-reactive ketones (excluding diaryl/α,β-unsaturated/α-hetero) is 1. The van der Waals surface area contributed by atoms with E-state index in [1.165, 1.54) is 0 Å². The Hall–Kier alpha value is -1.26. The average Bonchev–Trinajstić information content (AvgIpc) is 2.91. The highest BCUT2D eigenvalue weighted by molar-refractivity contribution is 6.01. The smallest absolute Gasteiger partial charge is 0.178 e. The quantitative estimate of drug-likeness (QED) is 0.821. The number of allylic oxidation sites excluding steroid dienone is 4. The van der Waals surface area contributed by atoms with Crippen LogP contribution < -0.4 is 0 Å². The van der Waals surface area contributed by atoms with Crippen molar-refractivity contribution < 1.29 is 19.8 Å². The summed E-state index contributed by atoms with van der Waals surface area (Å²) in [6.07, 6.45) is 8.86. The maximum atomic E-state index is 12.2. The van der Waals surface area contributed by atoms with Crippen LogP contribution in [0.1, 0.15) is 52.9 Å². The number of fused-ring (bicyclic) bond motifs is 1. The first-order valence-electron chi connectivity index (χ1n) is 9.52. The molecule has 138 valence electrons. The van der Waals surface area contributed by atoms with Crippen molar-refractivity contribution in [2.75, 3.05) is 6.61 Å². The molecule has 2 N–H and O–H groups in total. The standard InChI is InChI=1S/C21H30O4/c1-4-13-9-15(23)7-8-20(13,2)17-10-14-5-6-16(19(25)12-22)21(14,3)11-18(17)24/h7-9,14,16-18,22,24H,4-6,10-12H2,1-3H3. The molecule has 0 heterocycles. The minimum Gasteiger partial charge on any atom is -0.393 e. The number of ketones is 2. The van der Waals surface area contributed by atoms with Crippen molar-refractivity contribution in [3.8, 4) is 0 Å². The topological polar surface area (TPSA) is 74.6 Å². The third-order valence-corrected chi connectivity index (χ3v) is 7.48. The minimum atomic E-state index is -0.508. The fourth-order valence-corrected chi connectivity index (χ4v) is 5.93. The molecule has 0 aromatic rings. The van der Waals surface area contributed by atoms with E-state index >= 15 is 0 Å². The van der Waals surface area contributed by atoms with Gasteiger partial charge in [0.2, 0.25) is 0 Å². The number of aliphatic hydroxyl groups is 2. The lowest BCUT2D eigenvalue weighted by Gasteiger charge is -2.51. The first kappa shape index (κ1) is 18.5. The molecule has 6 unspecified atom stereocenters. The summed E-state index contributed by atoms with van der Waals surface area (Å²) in [5.41, 5.74) is 0.562. The third kappa shape index (κ3) is 2.83. The Morgan fingerprint density at radius 1 is 1.32 bits per heavy atom. The summed E-state index contributed by atoms with van der Waals surface area (Å²) in [4.78, 5) is 24.0. The van der Waals surface area contributed by atoms with Gasteiger partial charge < -0.3 is 10.2 Å². The van der Waals surface area contributed by atoms with E-state index in [0.29, 0.717) is 12.3 Å². The van der Waals surface area contributed by atoms with Crippen LogP contribution in [0.15, 0.2) is 23.8 Å². The van der Waals surface area contributed by atoms with Crippen LogP contribution in [0, 0.1) is 28.6 Å². The second-order valence-corrected chi connectivity index (χ2v) is 8.61. The van der Waals surface area contributed by atoms with Gasteiger partial charge in [0.15, 0.2) is 11.6 Å². The molecule has 0 saturated heterocycles. The molecule has 2 fully saturated rings. The van der Waals surface area contributed by atoms with E-state index in [2.05, 4.69) is 20.8 Å². The summed E-state index contributed by atoms with van der Waals surface area (Å²) in [7, 11) is 0. The van der Waals surface area contributed by atoms with Crippen molar-refractivity contribution in [3.05, 3.63) is 23.8 Å². The summed E-state index contributed by atoms with van der Waals surface area (Å²) in [6.45, 7) is 5.90. The predicted molar refractivity (Wildman–Crippen MR) is 95.8 cm³/mol. The molecule has 0 aromatic heterocycles. The lowest BCUT2D eigenvalue weighted by atomic mass is 9.54. The van der Waals surface area contributed by atoms with Gasteiger partial charge in [-0.3, -0.25) is 9.59 Å². The van der Waals surface area contributed by atoms with Crippen LogP contribution in [0.25, 0.3) is 0 Å². The van der Waals surface area contributed by atoms with Crippen molar-refractivity contribution in [1.29, 1.82) is 0 Å². The van der Waals surface area contributed by atoms with E-state index in [-0.39, 0.29) is 34.2 Å². The van der Waals surface area contributed by atoms with Crippen LogP contribution >= 0.6 is 0 Å². The normalized spacial score (nSPS) is 43.7. The van der Waals surface area contributed by atoms with E-state index in [4.69, 9.17) is 0 Å². The number of carbonyl (C=O) groups excluding carboxylic acids is 2. The van der Waals surface area contributed by atoms with Crippen molar-refractivity contribution in [3.63, 3.8) is 0 Å². The molecular weight excluding hydrogens is 316 g/mol. The van der Waals surface area contributed by atoms with Gasteiger partial charge in [-0.15, -0.1) is 0 Å². The Labute approximate surface area is 150 Å². The largest absolute Gasteiger partial charge is 0.393 e. The maximum Gasteiger partial charge on any atom is 0.178 e. The minimum absolute atomic E-state index is 0.0268. The van der Waals surface area contributed by atoms with Crippen LogP contribution in [-0.4, -0.2) is 34.5 Å². The summed E-state index contributed by atoms with van der Waals surface area (Å²) in [6, 6.07) is 0. The lowest BCUT2D eigenvalue weighted by Crippen LogP contribution is -2.49. The zero-order valence-corrected chi connectivity index (χ0v) is 15.5. The molecule has 2 saturated carbocycles. The number of hydrogen-bond donors (Lipinski definition) is 2. The number of hydrogen-bond acceptors (Lipinski definition) is 4. The predicted octanol–water partition coefficient (Wildman–Crippen LogP) is 2.83. The first-order chi connectivity index (χ1) is 11.8. The molecule has 25 heavy (non-hydrogen) atoms. The number of rotatable bonds is 4. The van der Waals surface area contributed by atoms with Gasteiger partial charge in [0, 0.05) is 11.3 Å². The molecule has 3 aliphatic rings. The zero-order valence-electron chi connectivity index (χ0n) is 15.5.